The summed E-state index contributed by atoms with van der Waals surface area (Å²) in [4.78, 5) is 22.4. The SMILES string of the molecule is CC(C)(C)c1cc(C=N[C@@H]2CCCC[C@H]2N=Cc2cc(C(C)(C)C)cc(C(C)(C)C)c2[O-])c([O-])c(C(C)(C)C)c1.CN(C)[C@H](Cc1ccccc1)C(=O)[O-].[Co+3]. The molecule has 0 unspecified atom stereocenters. The van der Waals surface area contributed by atoms with E-state index in [0.717, 1.165) is 53.5 Å². The van der Waals surface area contributed by atoms with Gasteiger partial charge in [0.2, 0.25) is 0 Å². The van der Waals surface area contributed by atoms with Gasteiger partial charge < -0.3 is 25.0 Å². The van der Waals surface area contributed by atoms with E-state index in [1.54, 1.807) is 31.4 Å². The maximum atomic E-state index is 13.5. The first-order chi connectivity index (χ1) is 24.8. The molecule has 1 saturated carbocycles. The third-order valence-electron chi connectivity index (χ3n) is 10.3. The zero-order valence-electron chi connectivity index (χ0n) is 35.9. The molecule has 0 radical (unpaired) electrons. The molecular weight excluding hydrogens is 729 g/mol. The Morgan fingerprint density at radius 1 is 0.691 bits per heavy atom. The molecule has 0 amide bonds. The van der Waals surface area contributed by atoms with Crippen LogP contribution < -0.4 is 15.3 Å². The number of likely N-dealkylation sites (N-methyl/N-ethyl adjacent to an activating group) is 1. The zero-order valence-corrected chi connectivity index (χ0v) is 37.0. The zero-order chi connectivity index (χ0) is 40.8. The maximum absolute atomic E-state index is 13.5. The average molecular weight is 796 g/mol. The van der Waals surface area contributed by atoms with E-state index in [9.17, 15) is 20.1 Å². The Morgan fingerprint density at radius 3 is 1.38 bits per heavy atom. The van der Waals surface area contributed by atoms with Gasteiger partial charge in [0, 0.05) is 12.4 Å². The van der Waals surface area contributed by atoms with E-state index >= 15 is 0 Å². The molecule has 0 heterocycles. The summed E-state index contributed by atoms with van der Waals surface area (Å²) in [6.45, 7) is 25.6. The number of aliphatic imine (C=N–C) groups is 2. The monoisotopic (exact) mass is 795 g/mol. The normalized spacial score (nSPS) is 17.5. The van der Waals surface area contributed by atoms with Crippen LogP contribution in [0.25, 0.3) is 0 Å². The number of hydrogen-bond acceptors (Lipinski definition) is 7. The third kappa shape index (κ3) is 13.6. The van der Waals surface area contributed by atoms with Crippen LogP contribution >= 0.6 is 0 Å². The van der Waals surface area contributed by atoms with Gasteiger partial charge in [-0.25, -0.2) is 0 Å². The molecule has 3 aromatic rings. The van der Waals surface area contributed by atoms with Crippen LogP contribution in [-0.2, 0) is 49.7 Å². The minimum absolute atomic E-state index is 0. The molecule has 0 spiro atoms. The van der Waals surface area contributed by atoms with Crippen molar-refractivity contribution >= 4 is 18.4 Å². The number of carbonyl (C=O) groups is 1. The minimum atomic E-state index is -1.03. The van der Waals surface area contributed by atoms with Gasteiger partial charge in [-0.05, 0) is 94.0 Å². The molecule has 4 rings (SSSR count). The molecule has 55 heavy (non-hydrogen) atoms. The molecule has 8 heteroatoms. The molecule has 0 saturated heterocycles. The summed E-state index contributed by atoms with van der Waals surface area (Å²) < 4.78 is 0. The molecule has 0 N–H and O–H groups in total. The first kappa shape index (κ1) is 47.7. The van der Waals surface area contributed by atoms with E-state index in [-0.39, 0.29) is 62.0 Å². The van der Waals surface area contributed by atoms with Crippen molar-refractivity contribution in [1.82, 2.24) is 4.90 Å². The molecule has 3 aromatic carbocycles. The van der Waals surface area contributed by atoms with Crippen molar-refractivity contribution in [3.63, 3.8) is 0 Å². The molecule has 302 valence electrons. The van der Waals surface area contributed by atoms with Gasteiger partial charge in [-0.2, -0.15) is 0 Å². The van der Waals surface area contributed by atoms with Gasteiger partial charge in [0.25, 0.3) is 0 Å². The fraction of sp³-hybridized carbons (Fsp3) is 0.553. The average Bonchev–Trinajstić information content (AvgIpc) is 3.05. The number of benzene rings is 3. The third-order valence-corrected chi connectivity index (χ3v) is 10.3. The van der Waals surface area contributed by atoms with E-state index in [4.69, 9.17) is 9.98 Å². The Hall–Kier alpha value is -3.46. The fourth-order valence-electron chi connectivity index (χ4n) is 6.58. The molecule has 0 aliphatic heterocycles. The number of carboxylic acid groups (broad SMARTS) is 1. The Kier molecular flexibility index (Phi) is 16.6. The summed E-state index contributed by atoms with van der Waals surface area (Å²) in [5, 5.41) is 37.7. The van der Waals surface area contributed by atoms with E-state index < -0.39 is 12.0 Å². The molecule has 1 fully saturated rings. The van der Waals surface area contributed by atoms with E-state index in [2.05, 4.69) is 95.2 Å². The molecule has 3 atom stereocenters. The summed E-state index contributed by atoms with van der Waals surface area (Å²) >= 11 is 0. The van der Waals surface area contributed by atoms with Crippen molar-refractivity contribution in [1.29, 1.82) is 0 Å². The van der Waals surface area contributed by atoms with Crippen LogP contribution in [0.3, 0.4) is 0 Å². The number of carbonyl (C=O) groups excluding carboxylic acids is 1. The fourth-order valence-corrected chi connectivity index (χ4v) is 6.58. The van der Waals surface area contributed by atoms with Crippen LogP contribution in [0.1, 0.15) is 148 Å². The van der Waals surface area contributed by atoms with Gasteiger partial charge in [-0.15, -0.1) is 0 Å². The summed E-state index contributed by atoms with van der Waals surface area (Å²) in [5.74, 6) is -0.909. The van der Waals surface area contributed by atoms with Crippen LogP contribution in [0.4, 0.5) is 0 Å². The van der Waals surface area contributed by atoms with Gasteiger partial charge in [0.05, 0.1) is 24.1 Å². The van der Waals surface area contributed by atoms with Crippen LogP contribution in [-0.4, -0.2) is 55.5 Å². The molecule has 1 aliphatic rings. The van der Waals surface area contributed by atoms with Gasteiger partial charge in [0.1, 0.15) is 0 Å². The first-order valence-corrected chi connectivity index (χ1v) is 19.5. The summed E-state index contributed by atoms with van der Waals surface area (Å²) in [6.07, 6.45) is 8.11. The van der Waals surface area contributed by atoms with E-state index in [1.807, 2.05) is 42.5 Å². The van der Waals surface area contributed by atoms with Crippen molar-refractivity contribution in [3.05, 3.63) is 93.5 Å². The van der Waals surface area contributed by atoms with Crippen LogP contribution in [0.2, 0.25) is 0 Å². The Morgan fingerprint density at radius 2 is 1.07 bits per heavy atom. The van der Waals surface area contributed by atoms with Crippen LogP contribution in [0.5, 0.6) is 11.5 Å². The smallest absolute Gasteiger partial charge is 0.872 e. The Balaban J connectivity index is 0.000000586. The molecule has 1 aliphatic carbocycles. The number of rotatable bonds is 8. The number of nitrogens with zero attached hydrogens (tertiary/aromatic N) is 3. The van der Waals surface area contributed by atoms with Crippen molar-refractivity contribution in [3.8, 4) is 11.5 Å². The van der Waals surface area contributed by atoms with Gasteiger partial charge in [0.15, 0.2) is 0 Å². The van der Waals surface area contributed by atoms with Crippen molar-refractivity contribution in [2.45, 2.75) is 155 Å². The van der Waals surface area contributed by atoms with E-state index in [0.29, 0.717) is 17.5 Å². The number of aliphatic carboxylic acids is 1. The quantitative estimate of drug-likeness (QED) is 0.216. The molecule has 0 aromatic heterocycles. The van der Waals surface area contributed by atoms with Gasteiger partial charge >= 0.3 is 16.8 Å². The summed E-state index contributed by atoms with van der Waals surface area (Å²) in [5.41, 5.74) is 5.63. The second kappa shape index (κ2) is 19.1. The number of carboxylic acids is 1. The standard InChI is InChI=1S/C36H54N2O2.C11H15NO2.Co/c1-33(2,3)25-17-23(31(39)27(19-25)35(7,8)9)21-37-29-15-13-14-16-30(29)38-22-24-18-26(34(4,5)6)20-28(32(24)40)36(10,11)12;1-12(2)10(11(13)14)8-9-6-4-3-5-7-9;/h17-22,29-30,39-40H,13-16H2,1-12H3;3-7,10H,8H2,1-2H3,(H,13,14);/q;;+3/p-3/t29-,30-;10-;/m11./s1. The van der Waals surface area contributed by atoms with Gasteiger partial charge in [-0.1, -0.05) is 162 Å². The number of hydrogen-bond donors (Lipinski definition) is 0. The van der Waals surface area contributed by atoms with E-state index in [1.165, 1.54) is 0 Å². The summed E-state index contributed by atoms with van der Waals surface area (Å²) in [6, 6.07) is 17.1. The topological polar surface area (TPSA) is 114 Å². The predicted octanol–water partition coefficient (Wildman–Crippen LogP) is 7.78. The second-order valence-electron chi connectivity index (χ2n) is 19.3. The second-order valence-corrected chi connectivity index (χ2v) is 19.3. The Labute approximate surface area is 343 Å². The predicted molar refractivity (Wildman–Crippen MR) is 220 cm³/mol. The minimum Gasteiger partial charge on any atom is -0.872 e. The van der Waals surface area contributed by atoms with Crippen LogP contribution in [0.15, 0.2) is 64.6 Å². The molecular formula is C47H66CoN3O4. The first-order valence-electron chi connectivity index (χ1n) is 19.5. The summed E-state index contributed by atoms with van der Waals surface area (Å²) in [7, 11) is 3.48. The molecule has 7 nitrogen and oxygen atoms in total. The maximum Gasteiger partial charge on any atom is 3.00 e. The van der Waals surface area contributed by atoms with Crippen molar-refractivity contribution in [2.75, 3.05) is 14.1 Å². The molecule has 0 bridgehead atoms. The van der Waals surface area contributed by atoms with Crippen LogP contribution in [0, 0.1) is 0 Å². The van der Waals surface area contributed by atoms with Crippen molar-refractivity contribution in [2.24, 2.45) is 9.98 Å². The largest absolute Gasteiger partial charge is 3.00 e. The van der Waals surface area contributed by atoms with Crippen molar-refractivity contribution < 1.29 is 36.9 Å². The Bertz CT molecular complexity index is 1670. The van der Waals surface area contributed by atoms with Gasteiger partial charge in [-0.3, -0.25) is 9.98 Å².